The Morgan fingerprint density at radius 1 is 1.00 bits per heavy atom. The average Bonchev–Trinajstić information content (AvgIpc) is 2.88. The van der Waals surface area contributed by atoms with Gasteiger partial charge in [0.15, 0.2) is 0 Å². The van der Waals surface area contributed by atoms with E-state index >= 15 is 0 Å². The molecule has 0 saturated heterocycles. The minimum Gasteiger partial charge on any atom is -0.497 e. The summed E-state index contributed by atoms with van der Waals surface area (Å²) in [4.78, 5) is 24.0. The quantitative estimate of drug-likeness (QED) is 0.503. The predicted octanol–water partition coefficient (Wildman–Crippen LogP) is 2.47. The molecule has 24 heavy (non-hydrogen) atoms. The van der Waals surface area contributed by atoms with Gasteiger partial charge in [-0.2, -0.15) is 5.10 Å². The lowest BCUT2D eigenvalue weighted by molar-refractivity contribution is -0.136. The first-order valence-corrected chi connectivity index (χ1v) is 8.03. The zero-order valence-electron chi connectivity index (χ0n) is 14.1. The molecule has 2 rings (SSSR count). The number of carbonyl (C=O) groups excluding carboxylic acids is 2. The summed E-state index contributed by atoms with van der Waals surface area (Å²) in [6, 6.07) is 4.94. The molecule has 0 atom stereocenters. The third-order valence-corrected chi connectivity index (χ3v) is 3.86. The maximum atomic E-state index is 12.0. The Morgan fingerprint density at radius 2 is 1.71 bits per heavy atom. The molecule has 1 aliphatic rings. The monoisotopic (exact) mass is 333 g/mol. The van der Waals surface area contributed by atoms with Crippen LogP contribution >= 0.6 is 0 Å². The first-order valence-electron chi connectivity index (χ1n) is 8.03. The van der Waals surface area contributed by atoms with Crippen molar-refractivity contribution in [1.82, 2.24) is 5.43 Å². The van der Waals surface area contributed by atoms with Crippen molar-refractivity contribution in [2.24, 2.45) is 5.10 Å². The highest BCUT2D eigenvalue weighted by Gasteiger charge is 2.16. The van der Waals surface area contributed by atoms with E-state index in [1.165, 1.54) is 27.1 Å². The van der Waals surface area contributed by atoms with Gasteiger partial charge in [0.25, 0.3) is 0 Å². The number of amides is 2. The number of benzene rings is 1. The van der Waals surface area contributed by atoms with Gasteiger partial charge in [0.1, 0.15) is 11.5 Å². The number of rotatable bonds is 4. The van der Waals surface area contributed by atoms with E-state index in [0.717, 1.165) is 31.4 Å². The van der Waals surface area contributed by atoms with Gasteiger partial charge in [-0.05, 0) is 37.8 Å². The normalized spacial score (nSPS) is 14.3. The van der Waals surface area contributed by atoms with E-state index in [4.69, 9.17) is 9.47 Å². The predicted molar refractivity (Wildman–Crippen MR) is 91.5 cm³/mol. The molecule has 0 radical (unpaired) electrons. The molecule has 2 amide bonds. The van der Waals surface area contributed by atoms with Crippen LogP contribution in [0.1, 0.15) is 38.5 Å². The minimum atomic E-state index is -0.809. The second-order valence-electron chi connectivity index (χ2n) is 5.55. The summed E-state index contributed by atoms with van der Waals surface area (Å²) < 4.78 is 10.3. The molecule has 1 aromatic carbocycles. The summed E-state index contributed by atoms with van der Waals surface area (Å²) in [6.45, 7) is 0. The number of ether oxygens (including phenoxy) is 2. The van der Waals surface area contributed by atoms with Crippen molar-refractivity contribution in [3.8, 4) is 11.5 Å². The summed E-state index contributed by atoms with van der Waals surface area (Å²) in [7, 11) is 3.00. The standard InChI is InChI=1S/C17H23N3O4/c1-23-13-9-10-15(24-2)14(11-13)18-16(21)17(22)20-19-12-7-5-3-4-6-8-12/h9-11H,3-8H2,1-2H3,(H,18,21)(H,20,22). The maximum Gasteiger partial charge on any atom is 0.329 e. The molecule has 0 aromatic heterocycles. The Kier molecular flexibility index (Phi) is 6.60. The van der Waals surface area contributed by atoms with Crippen LogP contribution in [0.15, 0.2) is 23.3 Å². The van der Waals surface area contributed by atoms with Crippen LogP contribution < -0.4 is 20.2 Å². The van der Waals surface area contributed by atoms with Crippen LogP contribution in [0.2, 0.25) is 0 Å². The van der Waals surface area contributed by atoms with Crippen LogP contribution in [0.3, 0.4) is 0 Å². The molecular weight excluding hydrogens is 310 g/mol. The molecule has 0 heterocycles. The van der Waals surface area contributed by atoms with Crippen LogP contribution in [0, 0.1) is 0 Å². The molecule has 0 bridgehead atoms. The first-order chi connectivity index (χ1) is 11.6. The fraction of sp³-hybridized carbons (Fsp3) is 0.471. The van der Waals surface area contributed by atoms with Gasteiger partial charge in [-0.3, -0.25) is 9.59 Å². The largest absolute Gasteiger partial charge is 0.497 e. The Balaban J connectivity index is 1.98. The Hall–Kier alpha value is -2.57. The number of anilines is 1. The van der Waals surface area contributed by atoms with E-state index in [2.05, 4.69) is 15.8 Å². The Bertz CT molecular complexity index is 618. The van der Waals surface area contributed by atoms with E-state index in [-0.39, 0.29) is 0 Å². The molecule has 130 valence electrons. The number of nitrogens with one attached hydrogen (secondary N) is 2. The Labute approximate surface area is 141 Å². The highest BCUT2D eigenvalue weighted by molar-refractivity contribution is 6.39. The van der Waals surface area contributed by atoms with Crippen molar-refractivity contribution in [2.45, 2.75) is 38.5 Å². The van der Waals surface area contributed by atoms with Crippen molar-refractivity contribution in [3.63, 3.8) is 0 Å². The van der Waals surface area contributed by atoms with Gasteiger partial charge >= 0.3 is 11.8 Å². The zero-order valence-corrected chi connectivity index (χ0v) is 14.1. The maximum absolute atomic E-state index is 12.0. The van der Waals surface area contributed by atoms with Gasteiger partial charge in [-0.25, -0.2) is 5.43 Å². The smallest absolute Gasteiger partial charge is 0.329 e. The Morgan fingerprint density at radius 3 is 2.33 bits per heavy atom. The minimum absolute atomic E-state index is 0.360. The molecular formula is C17H23N3O4. The summed E-state index contributed by atoms with van der Waals surface area (Å²) in [5, 5.41) is 6.59. The SMILES string of the molecule is COc1ccc(OC)c(NC(=O)C(=O)NN=C2CCCCCC2)c1. The average molecular weight is 333 g/mol. The number of hydrogen-bond donors (Lipinski definition) is 2. The van der Waals surface area contributed by atoms with Gasteiger partial charge < -0.3 is 14.8 Å². The van der Waals surface area contributed by atoms with Crippen molar-refractivity contribution < 1.29 is 19.1 Å². The van der Waals surface area contributed by atoms with Crippen molar-refractivity contribution in [1.29, 1.82) is 0 Å². The van der Waals surface area contributed by atoms with Gasteiger partial charge in [-0.1, -0.05) is 12.8 Å². The van der Waals surface area contributed by atoms with E-state index in [1.54, 1.807) is 18.2 Å². The summed E-state index contributed by atoms with van der Waals surface area (Å²) >= 11 is 0. The molecule has 7 heteroatoms. The van der Waals surface area contributed by atoms with Crippen LogP contribution in [0.4, 0.5) is 5.69 Å². The molecule has 2 N–H and O–H groups in total. The lowest BCUT2D eigenvalue weighted by Crippen LogP contribution is -2.33. The lowest BCUT2D eigenvalue weighted by atomic mass is 10.2. The molecule has 1 saturated carbocycles. The van der Waals surface area contributed by atoms with E-state index in [1.807, 2.05) is 0 Å². The summed E-state index contributed by atoms with van der Waals surface area (Å²) in [5.41, 5.74) is 3.63. The molecule has 7 nitrogen and oxygen atoms in total. The summed E-state index contributed by atoms with van der Waals surface area (Å²) in [5.74, 6) is -0.631. The van der Waals surface area contributed by atoms with E-state index < -0.39 is 11.8 Å². The van der Waals surface area contributed by atoms with Gasteiger partial charge in [0, 0.05) is 11.8 Å². The van der Waals surface area contributed by atoms with Crippen molar-refractivity contribution >= 4 is 23.2 Å². The molecule has 0 unspecified atom stereocenters. The fourth-order valence-electron chi connectivity index (χ4n) is 2.52. The van der Waals surface area contributed by atoms with Crippen molar-refractivity contribution in [2.75, 3.05) is 19.5 Å². The molecule has 0 aliphatic heterocycles. The molecule has 0 spiro atoms. The highest BCUT2D eigenvalue weighted by Crippen LogP contribution is 2.28. The van der Waals surface area contributed by atoms with Crippen LogP contribution in [0.5, 0.6) is 11.5 Å². The second kappa shape index (κ2) is 8.90. The van der Waals surface area contributed by atoms with Gasteiger partial charge in [0.05, 0.1) is 19.9 Å². The van der Waals surface area contributed by atoms with Crippen LogP contribution in [-0.4, -0.2) is 31.7 Å². The van der Waals surface area contributed by atoms with Crippen LogP contribution in [-0.2, 0) is 9.59 Å². The summed E-state index contributed by atoms with van der Waals surface area (Å²) in [6.07, 6.45) is 6.24. The second-order valence-corrected chi connectivity index (χ2v) is 5.55. The van der Waals surface area contributed by atoms with Gasteiger partial charge in [-0.15, -0.1) is 0 Å². The number of carbonyl (C=O) groups is 2. The number of hydrogen-bond acceptors (Lipinski definition) is 5. The number of methoxy groups -OCH3 is 2. The highest BCUT2D eigenvalue weighted by atomic mass is 16.5. The van der Waals surface area contributed by atoms with Crippen molar-refractivity contribution in [3.05, 3.63) is 18.2 Å². The van der Waals surface area contributed by atoms with E-state index in [0.29, 0.717) is 17.2 Å². The lowest BCUT2D eigenvalue weighted by Gasteiger charge is -2.11. The third-order valence-electron chi connectivity index (χ3n) is 3.86. The number of nitrogens with zero attached hydrogens (tertiary/aromatic N) is 1. The first kappa shape index (κ1) is 17.8. The third kappa shape index (κ3) is 4.97. The topological polar surface area (TPSA) is 89.0 Å². The van der Waals surface area contributed by atoms with E-state index in [9.17, 15) is 9.59 Å². The fourth-order valence-corrected chi connectivity index (χ4v) is 2.52. The van der Waals surface area contributed by atoms with Gasteiger partial charge in [0.2, 0.25) is 0 Å². The zero-order chi connectivity index (χ0) is 17.4. The van der Waals surface area contributed by atoms with Crippen LogP contribution in [0.25, 0.3) is 0 Å². The molecule has 1 aromatic rings. The molecule has 1 fully saturated rings. The molecule has 1 aliphatic carbocycles. The number of hydrazone groups is 1.